The number of carbonyl (C=O) groups is 2. The van der Waals surface area contributed by atoms with E-state index in [9.17, 15) is 9.59 Å². The first-order chi connectivity index (χ1) is 10.6. The number of aromatic nitrogens is 1. The zero-order valence-electron chi connectivity index (χ0n) is 12.4. The third-order valence-electron chi connectivity index (χ3n) is 3.00. The van der Waals surface area contributed by atoms with E-state index < -0.39 is 11.8 Å². The summed E-state index contributed by atoms with van der Waals surface area (Å²) >= 11 is 0. The summed E-state index contributed by atoms with van der Waals surface area (Å²) in [6.07, 6.45) is 1.59. The molecule has 0 spiro atoms. The van der Waals surface area contributed by atoms with E-state index in [0.29, 0.717) is 17.1 Å². The first-order valence-corrected chi connectivity index (χ1v) is 6.74. The molecule has 6 heteroatoms. The molecule has 2 N–H and O–H groups in total. The van der Waals surface area contributed by atoms with Crippen molar-refractivity contribution >= 4 is 17.5 Å². The molecule has 1 heterocycles. The predicted molar refractivity (Wildman–Crippen MR) is 82.4 cm³/mol. The molecule has 22 heavy (non-hydrogen) atoms. The molecule has 2 rings (SSSR count). The fourth-order valence-electron chi connectivity index (χ4n) is 1.82. The SMILES string of the molecule is COc1ncccc1CNC(=O)C(=O)Nc1ccc(C)cc1. The number of hydrogen-bond donors (Lipinski definition) is 2. The lowest BCUT2D eigenvalue weighted by Crippen LogP contribution is -2.35. The summed E-state index contributed by atoms with van der Waals surface area (Å²) in [5.41, 5.74) is 2.34. The molecule has 0 aliphatic heterocycles. The van der Waals surface area contributed by atoms with Crippen LogP contribution >= 0.6 is 0 Å². The maximum absolute atomic E-state index is 11.8. The maximum Gasteiger partial charge on any atom is 0.313 e. The van der Waals surface area contributed by atoms with Gasteiger partial charge in [0, 0.05) is 24.0 Å². The first-order valence-electron chi connectivity index (χ1n) is 6.74. The lowest BCUT2D eigenvalue weighted by Gasteiger charge is -2.09. The molecule has 2 amide bonds. The van der Waals surface area contributed by atoms with Crippen LogP contribution in [0.3, 0.4) is 0 Å². The van der Waals surface area contributed by atoms with E-state index >= 15 is 0 Å². The summed E-state index contributed by atoms with van der Waals surface area (Å²) in [7, 11) is 1.50. The second kappa shape index (κ2) is 7.21. The number of ether oxygens (including phenoxy) is 1. The number of aryl methyl sites for hydroxylation is 1. The second-order valence-electron chi connectivity index (χ2n) is 4.67. The Bertz CT molecular complexity index is 669. The smallest absolute Gasteiger partial charge is 0.313 e. The third kappa shape index (κ3) is 4.05. The van der Waals surface area contributed by atoms with Crippen molar-refractivity contribution < 1.29 is 14.3 Å². The number of rotatable bonds is 4. The van der Waals surface area contributed by atoms with Crippen LogP contribution in [0.4, 0.5) is 5.69 Å². The van der Waals surface area contributed by atoms with Crippen molar-refractivity contribution in [3.05, 3.63) is 53.7 Å². The molecule has 1 aromatic carbocycles. The average Bonchev–Trinajstić information content (AvgIpc) is 2.54. The highest BCUT2D eigenvalue weighted by atomic mass is 16.5. The van der Waals surface area contributed by atoms with Crippen LogP contribution in [0.5, 0.6) is 5.88 Å². The molecule has 0 fully saturated rings. The molecule has 0 radical (unpaired) electrons. The number of amides is 2. The lowest BCUT2D eigenvalue weighted by molar-refractivity contribution is -0.136. The van der Waals surface area contributed by atoms with E-state index in [2.05, 4.69) is 15.6 Å². The quantitative estimate of drug-likeness (QED) is 0.841. The number of pyridine rings is 1. The van der Waals surface area contributed by atoms with Gasteiger partial charge in [-0.2, -0.15) is 0 Å². The van der Waals surface area contributed by atoms with Crippen LogP contribution in [0, 0.1) is 6.92 Å². The number of carbonyl (C=O) groups excluding carboxylic acids is 2. The van der Waals surface area contributed by atoms with E-state index in [1.807, 2.05) is 19.1 Å². The van der Waals surface area contributed by atoms with Gasteiger partial charge in [0.2, 0.25) is 5.88 Å². The van der Waals surface area contributed by atoms with Gasteiger partial charge in [-0.15, -0.1) is 0 Å². The lowest BCUT2D eigenvalue weighted by atomic mass is 10.2. The summed E-state index contributed by atoms with van der Waals surface area (Å²) in [4.78, 5) is 27.6. The van der Waals surface area contributed by atoms with Gasteiger partial charge in [0.25, 0.3) is 0 Å². The molecule has 0 aliphatic carbocycles. The summed E-state index contributed by atoms with van der Waals surface area (Å²) in [6.45, 7) is 2.11. The minimum absolute atomic E-state index is 0.164. The van der Waals surface area contributed by atoms with Crippen molar-refractivity contribution in [2.45, 2.75) is 13.5 Å². The number of nitrogens with one attached hydrogen (secondary N) is 2. The number of nitrogens with zero attached hydrogens (tertiary/aromatic N) is 1. The molecule has 0 bridgehead atoms. The van der Waals surface area contributed by atoms with E-state index in [-0.39, 0.29) is 6.54 Å². The van der Waals surface area contributed by atoms with Gasteiger partial charge in [0.05, 0.1) is 7.11 Å². The summed E-state index contributed by atoms with van der Waals surface area (Å²) in [6, 6.07) is 10.7. The first kappa shape index (κ1) is 15.5. The van der Waals surface area contributed by atoms with Crippen molar-refractivity contribution in [2.75, 3.05) is 12.4 Å². The normalized spacial score (nSPS) is 9.91. The molecule has 6 nitrogen and oxygen atoms in total. The molecular formula is C16H17N3O3. The highest BCUT2D eigenvalue weighted by molar-refractivity contribution is 6.39. The summed E-state index contributed by atoms with van der Waals surface area (Å²) in [5.74, 6) is -1.01. The molecule has 0 saturated heterocycles. The van der Waals surface area contributed by atoms with E-state index in [1.54, 1.807) is 30.5 Å². The van der Waals surface area contributed by atoms with E-state index in [4.69, 9.17) is 4.74 Å². The van der Waals surface area contributed by atoms with Crippen LogP contribution in [0.25, 0.3) is 0 Å². The van der Waals surface area contributed by atoms with E-state index in [1.165, 1.54) is 7.11 Å². The molecule has 0 aliphatic rings. The van der Waals surface area contributed by atoms with Gasteiger partial charge in [0.15, 0.2) is 0 Å². The highest BCUT2D eigenvalue weighted by Gasteiger charge is 2.14. The number of methoxy groups -OCH3 is 1. The maximum atomic E-state index is 11.8. The van der Waals surface area contributed by atoms with Gasteiger partial charge in [-0.1, -0.05) is 23.8 Å². The predicted octanol–water partition coefficient (Wildman–Crippen LogP) is 1.65. The zero-order valence-corrected chi connectivity index (χ0v) is 12.4. The summed E-state index contributed by atoms with van der Waals surface area (Å²) in [5, 5.41) is 5.07. The Labute approximate surface area is 128 Å². The summed E-state index contributed by atoms with van der Waals surface area (Å²) < 4.78 is 5.08. The van der Waals surface area contributed by atoms with Crippen LogP contribution in [0.15, 0.2) is 42.6 Å². The number of hydrogen-bond acceptors (Lipinski definition) is 4. The van der Waals surface area contributed by atoms with Gasteiger partial charge < -0.3 is 15.4 Å². The fourth-order valence-corrected chi connectivity index (χ4v) is 1.82. The molecule has 0 saturated carbocycles. The minimum atomic E-state index is -0.716. The van der Waals surface area contributed by atoms with Gasteiger partial charge >= 0.3 is 11.8 Å². The van der Waals surface area contributed by atoms with Crippen LogP contribution in [-0.4, -0.2) is 23.9 Å². The molecule has 1 aromatic heterocycles. The Morgan fingerprint density at radius 3 is 2.55 bits per heavy atom. The Morgan fingerprint density at radius 2 is 1.86 bits per heavy atom. The second-order valence-corrected chi connectivity index (χ2v) is 4.67. The van der Waals surface area contributed by atoms with Gasteiger partial charge in [-0.05, 0) is 25.1 Å². The Hall–Kier alpha value is -2.89. The number of benzene rings is 1. The standard InChI is InChI=1S/C16H17N3O3/c1-11-5-7-13(8-6-11)19-15(21)14(20)18-10-12-4-3-9-17-16(12)22-2/h3-9H,10H2,1-2H3,(H,18,20)(H,19,21). The molecular weight excluding hydrogens is 282 g/mol. The van der Waals surface area contributed by atoms with Crippen LogP contribution in [0.2, 0.25) is 0 Å². The number of anilines is 1. The van der Waals surface area contributed by atoms with Gasteiger partial charge in [-0.3, -0.25) is 9.59 Å². The largest absolute Gasteiger partial charge is 0.481 e. The zero-order chi connectivity index (χ0) is 15.9. The third-order valence-corrected chi connectivity index (χ3v) is 3.00. The van der Waals surface area contributed by atoms with Crippen molar-refractivity contribution in [2.24, 2.45) is 0 Å². The Morgan fingerprint density at radius 1 is 1.14 bits per heavy atom. The van der Waals surface area contributed by atoms with E-state index in [0.717, 1.165) is 5.56 Å². The van der Waals surface area contributed by atoms with Crippen LogP contribution < -0.4 is 15.4 Å². The topological polar surface area (TPSA) is 80.3 Å². The van der Waals surface area contributed by atoms with Crippen molar-refractivity contribution in [1.29, 1.82) is 0 Å². The minimum Gasteiger partial charge on any atom is -0.481 e. The molecule has 114 valence electrons. The van der Waals surface area contributed by atoms with Crippen LogP contribution in [-0.2, 0) is 16.1 Å². The van der Waals surface area contributed by atoms with Gasteiger partial charge in [-0.25, -0.2) is 4.98 Å². The fraction of sp³-hybridized carbons (Fsp3) is 0.188. The molecule has 2 aromatic rings. The van der Waals surface area contributed by atoms with Crippen molar-refractivity contribution in [1.82, 2.24) is 10.3 Å². The molecule has 0 unspecified atom stereocenters. The Balaban J connectivity index is 1.91. The molecule has 0 atom stereocenters. The van der Waals surface area contributed by atoms with Crippen molar-refractivity contribution in [3.8, 4) is 5.88 Å². The Kier molecular flexibility index (Phi) is 5.08. The average molecular weight is 299 g/mol. The van der Waals surface area contributed by atoms with Gasteiger partial charge in [0.1, 0.15) is 0 Å². The van der Waals surface area contributed by atoms with Crippen LogP contribution in [0.1, 0.15) is 11.1 Å². The van der Waals surface area contributed by atoms with Crippen molar-refractivity contribution in [3.63, 3.8) is 0 Å². The monoisotopic (exact) mass is 299 g/mol. The highest BCUT2D eigenvalue weighted by Crippen LogP contribution is 2.13.